The highest BCUT2D eigenvalue weighted by Crippen LogP contribution is 2.69. The quantitative estimate of drug-likeness (QED) is 0.0159. The molecule has 14 N–H and O–H groups in total. The molecule has 120 heavy (non-hydrogen) atoms. The molecule has 1 spiro atoms. The molecule has 0 radical (unpaired) electrons. The molecule has 0 unspecified atom stereocenters. The van der Waals surface area contributed by atoms with Crippen LogP contribution in [-0.4, -0.2) is 146 Å². The topological polar surface area (TPSA) is 337 Å². The number of nitrogens with one attached hydrogen (secondary N) is 1. The summed E-state index contributed by atoms with van der Waals surface area (Å²) < 4.78 is 6.09. The number of aliphatic imine (C=N–C) groups is 2. The van der Waals surface area contributed by atoms with Crippen LogP contribution in [0.1, 0.15) is 238 Å². The summed E-state index contributed by atoms with van der Waals surface area (Å²) in [6.45, 7) is 28.6. The lowest BCUT2D eigenvalue weighted by atomic mass is 9.44. The minimum absolute atomic E-state index is 0.00512. The molecule has 21 heteroatoms. The molecule has 8 aromatic rings. The molecule has 2 aliphatic heterocycles. The molecule has 1 aromatic heterocycles. The number of piperidine rings is 1. The van der Waals surface area contributed by atoms with Crippen molar-refractivity contribution in [2.24, 2.45) is 79.6 Å². The molecule has 0 amide bonds. The first kappa shape index (κ1) is 87.0. The number of H-pyrrole nitrogens is 1. The van der Waals surface area contributed by atoms with Gasteiger partial charge in [-0.2, -0.15) is 5.10 Å². The number of aliphatic hydroxyl groups excluding tert-OH is 1. The van der Waals surface area contributed by atoms with E-state index in [1.165, 1.54) is 128 Å². The van der Waals surface area contributed by atoms with Gasteiger partial charge in [0.25, 0.3) is 0 Å². The van der Waals surface area contributed by atoms with Gasteiger partial charge < -0.3 is 72.0 Å². The maximum atomic E-state index is 12.0. The van der Waals surface area contributed by atoms with Crippen molar-refractivity contribution >= 4 is 75.4 Å². The van der Waals surface area contributed by atoms with E-state index in [0.717, 1.165) is 78.6 Å². The minimum atomic E-state index is -0.661. The Kier molecular flexibility index (Phi) is 24.0. The van der Waals surface area contributed by atoms with E-state index >= 15 is 0 Å². The fraction of sp³-hybridized carbons (Fsp3) is 0.515. The van der Waals surface area contributed by atoms with Crippen molar-refractivity contribution in [3.05, 3.63) is 157 Å². The summed E-state index contributed by atoms with van der Waals surface area (Å²) in [5.74, 6) is 3.88. The zero-order valence-electron chi connectivity index (χ0n) is 72.9. The third kappa shape index (κ3) is 15.3. The third-order valence-electron chi connectivity index (χ3n) is 30.4. The van der Waals surface area contributed by atoms with Crippen LogP contribution in [0.2, 0.25) is 0 Å². The number of likely N-dealkylation sites (tertiary alicyclic amines) is 1. The molecule has 20 rings (SSSR count). The largest absolute Gasteiger partial charge is 0.507 e. The van der Waals surface area contributed by atoms with Crippen molar-refractivity contribution in [2.45, 2.75) is 246 Å². The van der Waals surface area contributed by atoms with E-state index in [2.05, 4.69) is 129 Å². The Morgan fingerprint density at radius 1 is 0.667 bits per heavy atom. The van der Waals surface area contributed by atoms with Gasteiger partial charge >= 0.3 is 0 Å². The van der Waals surface area contributed by atoms with Crippen molar-refractivity contribution in [3.63, 3.8) is 0 Å². The number of nitrogens with two attached hydrogens (primary N) is 2. The van der Waals surface area contributed by atoms with Crippen molar-refractivity contribution in [1.29, 1.82) is 0 Å². The lowest BCUT2D eigenvalue weighted by molar-refractivity contribution is -0.139. The fourth-order valence-electron chi connectivity index (χ4n) is 25.0. The van der Waals surface area contributed by atoms with Crippen LogP contribution in [0.5, 0.6) is 46.0 Å². The monoisotopic (exact) mass is 1650 g/mol. The first-order valence-electron chi connectivity index (χ1n) is 43.4. The molecule has 6 bridgehead atoms. The highest BCUT2D eigenvalue weighted by Gasteiger charge is 2.66. The second-order valence-electron chi connectivity index (χ2n) is 39.0. The van der Waals surface area contributed by atoms with Crippen LogP contribution in [0.4, 0.5) is 11.4 Å². The van der Waals surface area contributed by atoms with E-state index in [4.69, 9.17) is 16.2 Å². The number of phenolic OH excluding ortho intramolecular Hbond substituents is 7. The third-order valence-corrected chi connectivity index (χ3v) is 30.4. The molecule has 10 aliphatic carbocycles. The van der Waals surface area contributed by atoms with Crippen molar-refractivity contribution in [1.82, 2.24) is 20.0 Å². The highest BCUT2D eigenvalue weighted by atomic mass is 32.1. The second-order valence-corrected chi connectivity index (χ2v) is 39.6. The SMILES string of the molecule is CC(N)=S.CN1CC[C@]23c4c5ccc(O)c4O[C@H]2[C@@H](O)C=C[C@H]3[C@H]1C5.C[C@]12Cc3c[nH]nc3C[C@@H]1CC[C@@H]1[C@@H]2CC[C@@]2(C)[C@H]1CC[C@]2(C)O.Cc1cc2c(C(C)C)c(O)c(O)c(C=O)c2c(O)c1-c1c(C)cc2c(C(C)C)c(O)c(O)c(C=O)c2c1O.Cc1ccc(/N=C/N(C)/C=N/c2ccc(C)cc2C)c(C)c1.NC12CC3CC(CC(C3)C1)C2. The smallest absolute Gasteiger partial charge is 0.169 e. The number of aliphatic hydroxyl groups is 2. The Hall–Kier alpha value is -9.38. The van der Waals surface area contributed by atoms with Gasteiger partial charge in [0.15, 0.2) is 47.1 Å². The summed E-state index contributed by atoms with van der Waals surface area (Å²) in [5, 5.41) is 106. The van der Waals surface area contributed by atoms with Crippen LogP contribution in [-0.2, 0) is 24.7 Å². The number of likely N-dealkylation sites (N-methyl/N-ethyl adjacent to an activating group) is 1. The van der Waals surface area contributed by atoms with Crippen molar-refractivity contribution in [3.8, 4) is 57.1 Å². The number of aldehydes is 2. The van der Waals surface area contributed by atoms with E-state index in [-0.39, 0.29) is 67.5 Å². The Balaban J connectivity index is 0.000000126. The normalized spacial score (nSPS) is 29.6. The van der Waals surface area contributed by atoms with Gasteiger partial charge in [0.1, 0.15) is 23.7 Å². The average molecular weight is 1650 g/mol. The summed E-state index contributed by atoms with van der Waals surface area (Å²) in [5.41, 5.74) is 24.8. The maximum Gasteiger partial charge on any atom is 0.169 e. The first-order chi connectivity index (χ1) is 56.7. The molecular formula is C99H126N8O12S. The van der Waals surface area contributed by atoms with E-state index in [9.17, 15) is 55.5 Å². The van der Waals surface area contributed by atoms with E-state index in [1.54, 1.807) is 79.3 Å². The first-order valence-corrected chi connectivity index (χ1v) is 43.8. The number of benzene rings is 7. The lowest BCUT2D eigenvalue weighted by Gasteiger charge is -2.60. The number of rotatable bonds is 9. The number of aromatic hydroxyl groups is 7. The number of phenols is 7. The predicted molar refractivity (Wildman–Crippen MR) is 481 cm³/mol. The number of aryl methyl sites for hydroxylation is 6. The number of fused-ring (bicyclic) bond motifs is 8. The standard InChI is InChI=1S/C30H30O8.C21H32N2O.C19H23N3.C17H19NO3.C10H17N.C2H5NS/c1-11(2)19-15-7-13(5)21(27(35)23(15)17(9-31)25(33)29(19)37)22-14(6)8-16-20(12(3)4)30(38)26(34)18(10-32)24(16)28(22)36;1-19-11-13-12-22-23-18(13)10-14(19)4-5-15-16(19)6-8-20(2)17(15)7-9-21(20,3)24;1-14-6-8-18(16(3)10-14)20-12-22(5)13-21-19-9-7-15(2)11-17(19)4;1-18-7-6-17-10-3-5-13(20)16(17)21-15-12(19)4-2-9(14(15)17)8-11(10)18;11-10-4-7-1-8(5-10)3-9(2-7)6-10;1-2(3)4/h7-12,33-38H,1-6H3;12,14-17,24H,4-11H2,1-3H3,(H,22,23);6-13H,1-5H3;2-5,10-11,13,16,19-20H,6-8H2,1H3;7-9H,1-6,11H2;1H3,(H2,3,4)/b;;20-12+,21-13+;;;/t;14-,15+,16-,17-,19-,20-,21-;;10-,11+,13-,16-,17-;;/m.0.0../s1. The van der Waals surface area contributed by atoms with Crippen LogP contribution >= 0.6 is 12.2 Å². The summed E-state index contributed by atoms with van der Waals surface area (Å²) in [6.07, 6.45) is 30.0. The van der Waals surface area contributed by atoms with Gasteiger partial charge in [-0.1, -0.05) is 120 Å². The predicted octanol–water partition coefficient (Wildman–Crippen LogP) is 18.8. The summed E-state index contributed by atoms with van der Waals surface area (Å²) >= 11 is 4.31. The molecule has 12 atom stereocenters. The molecule has 8 fully saturated rings. The van der Waals surface area contributed by atoms with E-state index in [1.807, 2.05) is 36.2 Å². The van der Waals surface area contributed by atoms with Gasteiger partial charge in [-0.25, -0.2) is 9.98 Å². The maximum absolute atomic E-state index is 12.0. The number of nitrogens with zero attached hydrogens (tertiary/aromatic N) is 5. The van der Waals surface area contributed by atoms with Crippen LogP contribution in [0.25, 0.3) is 32.7 Å². The molecule has 7 aromatic carbocycles. The number of carbonyl (C=O) groups is 2. The number of thiocarbonyl (C=S) groups is 1. The summed E-state index contributed by atoms with van der Waals surface area (Å²) in [4.78, 5) is 37.8. The average Bonchev–Trinajstić information content (AvgIpc) is 1.50. The number of aromatic amines is 1. The van der Waals surface area contributed by atoms with E-state index in [0.29, 0.717) is 79.3 Å². The molecular weight excluding hydrogens is 1530 g/mol. The highest BCUT2D eigenvalue weighted by molar-refractivity contribution is 7.80. The number of ether oxygens (including phenoxy) is 1. The van der Waals surface area contributed by atoms with Gasteiger partial charge in [-0.15, -0.1) is 0 Å². The van der Waals surface area contributed by atoms with Crippen LogP contribution < -0.4 is 16.2 Å². The number of hydrogen-bond acceptors (Lipinski definition) is 18. The van der Waals surface area contributed by atoms with Gasteiger partial charge in [0.2, 0.25) is 0 Å². The number of carbonyl (C=O) groups excluding carboxylic acids is 2. The van der Waals surface area contributed by atoms with E-state index < -0.39 is 46.2 Å². The molecule has 3 heterocycles. The Bertz CT molecular complexity index is 5210. The molecule has 20 nitrogen and oxygen atoms in total. The molecule has 12 aliphatic rings. The van der Waals surface area contributed by atoms with Gasteiger partial charge in [0, 0.05) is 74.7 Å². The van der Waals surface area contributed by atoms with Gasteiger partial charge in [0.05, 0.1) is 51.5 Å². The second kappa shape index (κ2) is 33.1. The fourth-order valence-corrected chi connectivity index (χ4v) is 25.0. The van der Waals surface area contributed by atoms with Crippen LogP contribution in [0, 0.1) is 99.7 Å². The minimum Gasteiger partial charge on any atom is -0.507 e. The Morgan fingerprint density at radius 3 is 1.68 bits per heavy atom. The lowest BCUT2D eigenvalue weighted by Crippen LogP contribution is -2.64. The van der Waals surface area contributed by atoms with Gasteiger partial charge in [-0.05, 0) is 298 Å². The summed E-state index contributed by atoms with van der Waals surface area (Å²) in [6, 6.07) is 20.0. The van der Waals surface area contributed by atoms with Gasteiger partial charge in [-0.3, -0.25) is 14.7 Å². The zero-order chi connectivity index (χ0) is 86.6. The van der Waals surface area contributed by atoms with Crippen LogP contribution in [0.15, 0.2) is 89.0 Å². The molecule has 640 valence electrons. The van der Waals surface area contributed by atoms with Crippen LogP contribution in [0.3, 0.4) is 0 Å². The zero-order valence-corrected chi connectivity index (χ0v) is 73.7. The van der Waals surface area contributed by atoms with Crippen molar-refractivity contribution < 1.29 is 60.3 Å². The summed E-state index contributed by atoms with van der Waals surface area (Å²) in [7, 11) is 4.12. The molecule has 1 saturated heterocycles. The Labute approximate surface area is 712 Å². The number of hydrogen-bond donors (Lipinski definition) is 12. The number of aromatic nitrogens is 2. The molecule has 7 saturated carbocycles. The van der Waals surface area contributed by atoms with Crippen molar-refractivity contribution in [2.75, 3.05) is 20.6 Å². The Morgan fingerprint density at radius 2 is 1.18 bits per heavy atom.